The molecule has 98 valence electrons. The average Bonchev–Trinajstić information content (AvgIpc) is 2.88. The normalized spacial score (nSPS) is 12.0. The Morgan fingerprint density at radius 3 is 2.61 bits per heavy atom. The van der Waals surface area contributed by atoms with Gasteiger partial charge >= 0.3 is 0 Å². The first kappa shape index (κ1) is 13.3. The fourth-order valence-electron chi connectivity index (χ4n) is 1.74. The Kier molecular flexibility index (Phi) is 3.88. The molecule has 2 rings (SSSR count). The van der Waals surface area contributed by atoms with E-state index in [1.165, 1.54) is 9.75 Å². The summed E-state index contributed by atoms with van der Waals surface area (Å²) in [4.78, 5) is 7.12. The minimum absolute atomic E-state index is 0.253. The van der Waals surface area contributed by atoms with Crippen molar-refractivity contribution in [2.45, 2.75) is 39.3 Å². The molecule has 2 aromatic rings. The van der Waals surface area contributed by atoms with Crippen molar-refractivity contribution in [3.8, 4) is 0 Å². The highest BCUT2D eigenvalue weighted by atomic mass is 32.1. The summed E-state index contributed by atoms with van der Waals surface area (Å²) in [6.07, 6.45) is 3.81. The van der Waals surface area contributed by atoms with Gasteiger partial charge in [0.15, 0.2) is 0 Å². The van der Waals surface area contributed by atoms with Crippen LogP contribution in [0.4, 0.5) is 0 Å². The molecule has 0 aliphatic carbocycles. The maximum Gasteiger partial charge on any atom is 0.122 e. The quantitative estimate of drug-likeness (QED) is 0.918. The van der Waals surface area contributed by atoms with Crippen LogP contribution in [0.15, 0.2) is 24.5 Å². The number of aryl methyl sites for hydroxylation is 1. The van der Waals surface area contributed by atoms with E-state index in [2.05, 4.69) is 43.2 Å². The molecule has 0 saturated carbocycles. The molecule has 0 radical (unpaired) electrons. The van der Waals surface area contributed by atoms with E-state index in [0.717, 1.165) is 18.9 Å². The molecule has 0 aromatic carbocycles. The summed E-state index contributed by atoms with van der Waals surface area (Å²) in [5.41, 5.74) is 0.253. The summed E-state index contributed by atoms with van der Waals surface area (Å²) < 4.78 is 2.04. The van der Waals surface area contributed by atoms with E-state index in [-0.39, 0.29) is 5.41 Å². The van der Waals surface area contributed by atoms with Crippen LogP contribution in [0.1, 0.15) is 36.3 Å². The molecule has 0 fully saturated rings. The highest BCUT2D eigenvalue weighted by molar-refractivity contribution is 7.12. The molecule has 1 N–H and O–H groups in total. The first-order chi connectivity index (χ1) is 8.47. The van der Waals surface area contributed by atoms with Crippen molar-refractivity contribution in [3.63, 3.8) is 0 Å². The van der Waals surface area contributed by atoms with Gasteiger partial charge < -0.3 is 9.88 Å². The largest absolute Gasteiger partial charge is 0.337 e. The van der Waals surface area contributed by atoms with Crippen molar-refractivity contribution < 1.29 is 0 Å². The summed E-state index contributed by atoms with van der Waals surface area (Å²) >= 11 is 1.89. The molecular formula is C14H21N3S. The molecule has 0 atom stereocenters. The fourth-order valence-corrected chi connectivity index (χ4v) is 2.78. The lowest BCUT2D eigenvalue weighted by Gasteiger charge is -2.15. The zero-order valence-electron chi connectivity index (χ0n) is 11.5. The van der Waals surface area contributed by atoms with Crippen LogP contribution in [-0.4, -0.2) is 9.55 Å². The van der Waals surface area contributed by atoms with Gasteiger partial charge in [0.1, 0.15) is 5.82 Å². The maximum absolute atomic E-state index is 4.30. The van der Waals surface area contributed by atoms with Crippen LogP contribution in [0.25, 0.3) is 0 Å². The molecule has 0 aliphatic heterocycles. The van der Waals surface area contributed by atoms with Crippen molar-refractivity contribution in [1.82, 2.24) is 14.9 Å². The molecule has 0 amide bonds. The third-order valence-corrected chi connectivity index (χ3v) is 4.42. The molecule has 0 spiro atoms. The molecule has 4 heteroatoms. The monoisotopic (exact) mass is 263 g/mol. The molecule has 3 nitrogen and oxygen atoms in total. The third kappa shape index (κ3) is 3.21. The number of nitrogens with one attached hydrogen (secondary N) is 1. The summed E-state index contributed by atoms with van der Waals surface area (Å²) in [7, 11) is 2.02. The molecule has 18 heavy (non-hydrogen) atoms. The smallest absolute Gasteiger partial charge is 0.122 e. The van der Waals surface area contributed by atoms with Crippen LogP contribution in [0.5, 0.6) is 0 Å². The molecule has 2 heterocycles. The maximum atomic E-state index is 4.30. The van der Waals surface area contributed by atoms with E-state index < -0.39 is 0 Å². The Morgan fingerprint density at radius 1 is 1.28 bits per heavy atom. The summed E-state index contributed by atoms with van der Waals surface area (Å²) in [6, 6.07) is 4.46. The minimum Gasteiger partial charge on any atom is -0.337 e. The van der Waals surface area contributed by atoms with Crippen LogP contribution >= 0.6 is 11.3 Å². The predicted octanol–water partition coefficient (Wildman–Crippen LogP) is 3.07. The van der Waals surface area contributed by atoms with Gasteiger partial charge in [-0.05, 0) is 17.5 Å². The fraction of sp³-hybridized carbons (Fsp3) is 0.500. The van der Waals surface area contributed by atoms with Crippen LogP contribution in [0.2, 0.25) is 0 Å². The molecule has 0 unspecified atom stereocenters. The lowest BCUT2D eigenvalue weighted by atomic mass is 9.95. The van der Waals surface area contributed by atoms with Gasteiger partial charge in [-0.1, -0.05) is 20.8 Å². The average molecular weight is 263 g/mol. The second kappa shape index (κ2) is 5.24. The van der Waals surface area contributed by atoms with Gasteiger partial charge in [0.05, 0.1) is 6.54 Å². The summed E-state index contributed by atoms with van der Waals surface area (Å²) in [5.74, 6) is 1.07. The first-order valence-electron chi connectivity index (χ1n) is 6.23. The SMILES string of the molecule is Cn1ccnc1CNCc1ccc(C(C)(C)C)s1. The van der Waals surface area contributed by atoms with E-state index in [0.29, 0.717) is 0 Å². The van der Waals surface area contributed by atoms with E-state index in [1.54, 1.807) is 0 Å². The highest BCUT2D eigenvalue weighted by Crippen LogP contribution is 2.29. The van der Waals surface area contributed by atoms with Gasteiger partial charge in [0.2, 0.25) is 0 Å². The number of imidazole rings is 1. The van der Waals surface area contributed by atoms with Crippen LogP contribution in [0.3, 0.4) is 0 Å². The number of hydrogen-bond donors (Lipinski definition) is 1. The Labute approximate surface area is 113 Å². The van der Waals surface area contributed by atoms with Crippen molar-refractivity contribution in [2.75, 3.05) is 0 Å². The Bertz CT molecular complexity index is 505. The Morgan fingerprint density at radius 2 is 2.06 bits per heavy atom. The van der Waals surface area contributed by atoms with Crippen LogP contribution < -0.4 is 5.32 Å². The van der Waals surface area contributed by atoms with Gasteiger partial charge in [-0.3, -0.25) is 0 Å². The molecule has 0 aliphatic rings. The van der Waals surface area contributed by atoms with Crippen molar-refractivity contribution in [3.05, 3.63) is 40.1 Å². The lowest BCUT2D eigenvalue weighted by Crippen LogP contribution is -2.15. The van der Waals surface area contributed by atoms with E-state index in [4.69, 9.17) is 0 Å². The number of nitrogens with zero attached hydrogens (tertiary/aromatic N) is 2. The van der Waals surface area contributed by atoms with Gasteiger partial charge in [0, 0.05) is 35.7 Å². The van der Waals surface area contributed by atoms with Gasteiger partial charge in [-0.25, -0.2) is 4.98 Å². The van der Waals surface area contributed by atoms with Crippen molar-refractivity contribution in [1.29, 1.82) is 0 Å². The van der Waals surface area contributed by atoms with Gasteiger partial charge in [-0.15, -0.1) is 11.3 Å². The molecule has 2 aromatic heterocycles. The number of aromatic nitrogens is 2. The van der Waals surface area contributed by atoms with Crippen LogP contribution in [0, 0.1) is 0 Å². The topological polar surface area (TPSA) is 29.9 Å². The Balaban J connectivity index is 1.88. The zero-order valence-corrected chi connectivity index (χ0v) is 12.3. The standard InChI is InChI=1S/C14H21N3S/c1-14(2,3)12-6-5-11(18-12)9-15-10-13-16-7-8-17(13)4/h5-8,15H,9-10H2,1-4H3. The summed E-state index contributed by atoms with van der Waals surface area (Å²) in [6.45, 7) is 8.48. The van der Waals surface area contributed by atoms with Crippen molar-refractivity contribution in [2.24, 2.45) is 7.05 Å². The van der Waals surface area contributed by atoms with Crippen molar-refractivity contribution >= 4 is 11.3 Å². The molecular weight excluding hydrogens is 242 g/mol. The number of hydrogen-bond acceptors (Lipinski definition) is 3. The van der Waals surface area contributed by atoms with Gasteiger partial charge in [0.25, 0.3) is 0 Å². The zero-order chi connectivity index (χ0) is 13.2. The second-order valence-corrected chi connectivity index (χ2v) is 6.74. The molecule has 0 saturated heterocycles. The molecule has 0 bridgehead atoms. The Hall–Kier alpha value is -1.13. The lowest BCUT2D eigenvalue weighted by molar-refractivity contribution is 0.604. The third-order valence-electron chi connectivity index (χ3n) is 2.90. The van der Waals surface area contributed by atoms with Crippen LogP contribution in [-0.2, 0) is 25.6 Å². The first-order valence-corrected chi connectivity index (χ1v) is 7.04. The summed E-state index contributed by atoms with van der Waals surface area (Å²) in [5, 5.41) is 3.44. The van der Waals surface area contributed by atoms with Gasteiger partial charge in [-0.2, -0.15) is 0 Å². The van der Waals surface area contributed by atoms with E-state index in [1.807, 2.05) is 35.3 Å². The van der Waals surface area contributed by atoms with E-state index in [9.17, 15) is 0 Å². The number of thiophene rings is 1. The predicted molar refractivity (Wildman–Crippen MR) is 76.8 cm³/mol. The minimum atomic E-state index is 0.253. The second-order valence-electron chi connectivity index (χ2n) is 5.57. The number of rotatable bonds is 4. The van der Waals surface area contributed by atoms with E-state index >= 15 is 0 Å². The highest BCUT2D eigenvalue weighted by Gasteiger charge is 2.15.